The smallest absolute Gasteiger partial charge is 0.265 e. The van der Waals surface area contributed by atoms with Crippen LogP contribution in [-0.2, 0) is 22.6 Å². The van der Waals surface area contributed by atoms with Gasteiger partial charge in [-0.2, -0.15) is 0 Å². The third kappa shape index (κ3) is 4.08. The Bertz CT molecular complexity index is 1500. The van der Waals surface area contributed by atoms with E-state index >= 15 is 0 Å². The van der Waals surface area contributed by atoms with Gasteiger partial charge in [-0.25, -0.2) is 9.97 Å². The zero-order valence-electron chi connectivity index (χ0n) is 18.7. The van der Waals surface area contributed by atoms with Crippen molar-refractivity contribution in [1.82, 2.24) is 14.5 Å². The predicted molar refractivity (Wildman–Crippen MR) is 133 cm³/mol. The second-order valence-corrected chi connectivity index (χ2v) is 10.2. The van der Waals surface area contributed by atoms with Gasteiger partial charge in [0.1, 0.15) is 17.1 Å². The van der Waals surface area contributed by atoms with Gasteiger partial charge < -0.3 is 15.4 Å². The van der Waals surface area contributed by atoms with Gasteiger partial charge in [-0.1, -0.05) is 6.92 Å². The zero-order chi connectivity index (χ0) is 24.0. The lowest BCUT2D eigenvalue weighted by Crippen LogP contribution is -2.34. The van der Waals surface area contributed by atoms with Crippen LogP contribution in [0, 0.1) is 6.92 Å². The van der Waals surface area contributed by atoms with Crippen LogP contribution in [0.1, 0.15) is 23.6 Å². The van der Waals surface area contributed by atoms with Crippen molar-refractivity contribution in [1.29, 1.82) is 0 Å². The Labute approximate surface area is 202 Å². The van der Waals surface area contributed by atoms with Crippen molar-refractivity contribution in [3.63, 3.8) is 0 Å². The van der Waals surface area contributed by atoms with E-state index in [0.29, 0.717) is 32.5 Å². The molecule has 4 heterocycles. The number of rotatable bonds is 5. The summed E-state index contributed by atoms with van der Waals surface area (Å²) in [5, 5.41) is 6.57. The number of fused-ring (bicyclic) bond motifs is 2. The second-order valence-electron chi connectivity index (χ2n) is 7.89. The number of hydrogen-bond donors (Lipinski definition) is 2. The van der Waals surface area contributed by atoms with Crippen LogP contribution in [0.15, 0.2) is 35.4 Å². The average molecular weight is 496 g/mol. The van der Waals surface area contributed by atoms with Crippen molar-refractivity contribution in [3.8, 4) is 17.0 Å². The van der Waals surface area contributed by atoms with Gasteiger partial charge in [-0.05, 0) is 44.5 Å². The van der Waals surface area contributed by atoms with Gasteiger partial charge in [0, 0.05) is 15.3 Å². The van der Waals surface area contributed by atoms with E-state index in [2.05, 4.69) is 20.6 Å². The van der Waals surface area contributed by atoms with E-state index in [0.717, 1.165) is 21.7 Å². The Morgan fingerprint density at radius 3 is 2.88 bits per heavy atom. The summed E-state index contributed by atoms with van der Waals surface area (Å²) in [4.78, 5) is 48.9. The van der Waals surface area contributed by atoms with Crippen molar-refractivity contribution in [2.24, 2.45) is 0 Å². The molecule has 4 aromatic rings. The number of carbonyl (C=O) groups excluding carboxylic acids is 2. The summed E-state index contributed by atoms with van der Waals surface area (Å²) in [5.41, 5.74) is 1.84. The van der Waals surface area contributed by atoms with Gasteiger partial charge in [-0.15, -0.1) is 22.7 Å². The third-order valence-electron chi connectivity index (χ3n) is 5.46. The van der Waals surface area contributed by atoms with Crippen molar-refractivity contribution in [2.75, 3.05) is 10.6 Å². The predicted octanol–water partition coefficient (Wildman–Crippen LogP) is 3.81. The van der Waals surface area contributed by atoms with E-state index < -0.39 is 6.10 Å². The Morgan fingerprint density at radius 2 is 2.09 bits per heavy atom. The minimum Gasteiger partial charge on any atom is -0.479 e. The summed E-state index contributed by atoms with van der Waals surface area (Å²) >= 11 is 2.82. The lowest BCUT2D eigenvalue weighted by atomic mass is 10.1. The fraction of sp³-hybridized carbons (Fsp3) is 0.261. The molecule has 0 saturated carbocycles. The number of nitrogens with one attached hydrogen (secondary N) is 2. The number of carbonyl (C=O) groups is 2. The number of benzene rings is 1. The van der Waals surface area contributed by atoms with Crippen LogP contribution >= 0.6 is 22.7 Å². The molecule has 0 radical (unpaired) electrons. The number of anilines is 2. The first-order chi connectivity index (χ1) is 16.3. The molecule has 34 heavy (non-hydrogen) atoms. The highest BCUT2D eigenvalue weighted by atomic mass is 32.1. The topological polar surface area (TPSA) is 115 Å². The monoisotopic (exact) mass is 495 g/mol. The molecule has 1 aromatic carbocycles. The molecule has 9 nitrogen and oxygen atoms in total. The molecular weight excluding hydrogens is 474 g/mol. The highest BCUT2D eigenvalue weighted by Gasteiger charge is 2.24. The summed E-state index contributed by atoms with van der Waals surface area (Å²) in [6.45, 7) is 5.46. The highest BCUT2D eigenvalue weighted by Crippen LogP contribution is 2.37. The standard InChI is InChI=1S/C23H21N5O4S2/c1-4-14-8-15-21(34-14)24-10-28(22(15)31)9-18(29)26-23-27-19(12(3)33-23)13-5-6-17-16(7-13)25-20(30)11(2)32-17/h5-8,10-11H,4,9H2,1-3H3,(H,25,30)(H,26,27,29). The van der Waals surface area contributed by atoms with Crippen LogP contribution in [0.2, 0.25) is 0 Å². The molecule has 1 unspecified atom stereocenters. The first-order valence-corrected chi connectivity index (χ1v) is 12.3. The van der Waals surface area contributed by atoms with Gasteiger partial charge >= 0.3 is 0 Å². The molecule has 2 amide bonds. The van der Waals surface area contributed by atoms with Gasteiger partial charge in [-0.3, -0.25) is 19.0 Å². The molecule has 1 atom stereocenters. The lowest BCUT2D eigenvalue weighted by Gasteiger charge is -2.23. The highest BCUT2D eigenvalue weighted by molar-refractivity contribution is 7.18. The first-order valence-electron chi connectivity index (χ1n) is 10.7. The maximum absolute atomic E-state index is 12.7. The van der Waals surface area contributed by atoms with Gasteiger partial charge in [0.25, 0.3) is 11.5 Å². The van der Waals surface area contributed by atoms with Crippen LogP contribution in [-0.4, -0.2) is 32.5 Å². The molecule has 174 valence electrons. The number of aryl methyl sites for hydroxylation is 2. The largest absolute Gasteiger partial charge is 0.479 e. The fourth-order valence-electron chi connectivity index (χ4n) is 3.68. The second kappa shape index (κ2) is 8.65. The maximum Gasteiger partial charge on any atom is 0.265 e. The van der Waals surface area contributed by atoms with Crippen molar-refractivity contribution >= 4 is 55.5 Å². The number of hydrogen-bond acceptors (Lipinski definition) is 8. The number of aromatic nitrogens is 3. The van der Waals surface area contributed by atoms with Gasteiger partial charge in [0.15, 0.2) is 11.2 Å². The van der Waals surface area contributed by atoms with Crippen molar-refractivity contribution < 1.29 is 14.3 Å². The number of thiazole rings is 1. The van der Waals surface area contributed by atoms with Crippen molar-refractivity contribution in [3.05, 3.63) is 50.7 Å². The fourth-order valence-corrected chi connectivity index (χ4v) is 5.46. The summed E-state index contributed by atoms with van der Waals surface area (Å²) in [6, 6.07) is 7.30. The van der Waals surface area contributed by atoms with E-state index in [1.165, 1.54) is 33.6 Å². The number of amides is 2. The Morgan fingerprint density at radius 1 is 1.26 bits per heavy atom. The van der Waals surface area contributed by atoms with Crippen LogP contribution in [0.25, 0.3) is 21.5 Å². The zero-order valence-corrected chi connectivity index (χ0v) is 20.3. The van der Waals surface area contributed by atoms with Crippen LogP contribution < -0.4 is 20.9 Å². The minimum absolute atomic E-state index is 0.159. The molecule has 11 heteroatoms. The maximum atomic E-state index is 12.7. The molecule has 0 aliphatic carbocycles. The summed E-state index contributed by atoms with van der Waals surface area (Å²) < 4.78 is 6.91. The molecule has 1 aliphatic rings. The molecule has 0 fully saturated rings. The van der Waals surface area contributed by atoms with Crippen molar-refractivity contribution in [2.45, 2.75) is 39.8 Å². The lowest BCUT2D eigenvalue weighted by molar-refractivity contribution is -0.122. The molecular formula is C23H21N5O4S2. The van der Waals surface area contributed by atoms with Crippen LogP contribution in [0.5, 0.6) is 5.75 Å². The quantitative estimate of drug-likeness (QED) is 0.435. The minimum atomic E-state index is -0.543. The molecule has 0 spiro atoms. The van der Waals surface area contributed by atoms with Gasteiger partial charge in [0.05, 0.1) is 23.1 Å². The van der Waals surface area contributed by atoms with E-state index in [4.69, 9.17) is 4.74 Å². The number of nitrogens with zero attached hydrogens (tertiary/aromatic N) is 3. The van der Waals surface area contributed by atoms with E-state index in [1.807, 2.05) is 26.0 Å². The average Bonchev–Trinajstić information content (AvgIpc) is 3.39. The number of ether oxygens (including phenoxy) is 1. The molecule has 2 N–H and O–H groups in total. The summed E-state index contributed by atoms with van der Waals surface area (Å²) in [7, 11) is 0. The summed E-state index contributed by atoms with van der Waals surface area (Å²) in [5.74, 6) is 0.0310. The molecule has 5 rings (SSSR count). The van der Waals surface area contributed by atoms with Gasteiger partial charge in [0.2, 0.25) is 5.91 Å². The first kappa shape index (κ1) is 22.2. The summed E-state index contributed by atoms with van der Waals surface area (Å²) in [6.07, 6.45) is 1.69. The molecule has 0 bridgehead atoms. The Balaban J connectivity index is 1.34. The Kier molecular flexibility index (Phi) is 5.66. The number of thiophene rings is 1. The normalized spacial score (nSPS) is 15.0. The SMILES string of the molecule is CCc1cc2c(=O)n(CC(=O)Nc3nc(-c4ccc5c(c4)NC(=O)C(C)O5)c(C)s3)cnc2s1. The van der Waals surface area contributed by atoms with E-state index in [9.17, 15) is 14.4 Å². The van der Waals surface area contributed by atoms with Crippen LogP contribution in [0.4, 0.5) is 10.8 Å². The molecule has 1 aliphatic heterocycles. The third-order valence-corrected chi connectivity index (χ3v) is 7.53. The van der Waals surface area contributed by atoms with Crippen LogP contribution in [0.3, 0.4) is 0 Å². The Hall–Kier alpha value is -3.57. The van der Waals surface area contributed by atoms with E-state index in [1.54, 1.807) is 19.1 Å². The molecule has 0 saturated heterocycles. The van der Waals surface area contributed by atoms with E-state index in [-0.39, 0.29) is 23.9 Å². The molecule has 3 aromatic heterocycles.